The molecule has 0 aliphatic heterocycles. The fraction of sp³-hybridized carbons (Fsp3) is 0.118. The Hall–Kier alpha value is -2.06. The average Bonchev–Trinajstić information content (AvgIpc) is 2.47. The second-order valence-corrected chi connectivity index (χ2v) is 4.65. The zero-order valence-electron chi connectivity index (χ0n) is 11.2. The Balaban J connectivity index is 2.10. The molecule has 0 saturated heterocycles. The van der Waals surface area contributed by atoms with E-state index in [1.165, 1.54) is 6.08 Å². The second-order valence-electron chi connectivity index (χ2n) is 4.21. The Morgan fingerprint density at radius 1 is 1.05 bits per heavy atom. The molecule has 2 aromatic rings. The molecule has 0 aliphatic carbocycles. The maximum atomic E-state index is 11.2. The Labute approximate surface area is 123 Å². The third-order valence-corrected chi connectivity index (χ3v) is 3.04. The summed E-state index contributed by atoms with van der Waals surface area (Å²) >= 11 is 5.87. The van der Waals surface area contributed by atoms with Crippen LogP contribution < -0.4 is 0 Å². The van der Waals surface area contributed by atoms with Crippen molar-refractivity contribution >= 4 is 23.6 Å². The van der Waals surface area contributed by atoms with Crippen LogP contribution in [0.3, 0.4) is 0 Å². The molecule has 0 radical (unpaired) electrons. The van der Waals surface area contributed by atoms with E-state index in [0.29, 0.717) is 6.61 Å². The summed E-state index contributed by atoms with van der Waals surface area (Å²) in [6.07, 6.45) is 3.17. The van der Waals surface area contributed by atoms with E-state index in [4.69, 9.17) is 16.3 Å². The quantitative estimate of drug-likeness (QED) is 0.607. The molecule has 0 bridgehead atoms. The van der Waals surface area contributed by atoms with Crippen LogP contribution in [-0.4, -0.2) is 12.6 Å². The summed E-state index contributed by atoms with van der Waals surface area (Å²) in [4.78, 5) is 11.2. The van der Waals surface area contributed by atoms with Gasteiger partial charge in [-0.25, -0.2) is 4.79 Å². The van der Waals surface area contributed by atoms with Crippen LogP contribution in [0.2, 0.25) is 5.02 Å². The molecule has 102 valence electrons. The lowest BCUT2D eigenvalue weighted by Gasteiger charge is -2.02. The smallest absolute Gasteiger partial charge is 0.330 e. The zero-order chi connectivity index (χ0) is 14.4. The van der Waals surface area contributed by atoms with Gasteiger partial charge in [0.25, 0.3) is 0 Å². The normalized spacial score (nSPS) is 10.7. The fourth-order valence-corrected chi connectivity index (χ4v) is 1.91. The highest BCUT2D eigenvalue weighted by molar-refractivity contribution is 6.30. The molecular formula is C17H15ClO2. The highest BCUT2D eigenvalue weighted by atomic mass is 35.5. The van der Waals surface area contributed by atoms with Gasteiger partial charge in [0.1, 0.15) is 0 Å². The maximum absolute atomic E-state index is 11.2. The van der Waals surface area contributed by atoms with Gasteiger partial charge in [-0.2, -0.15) is 0 Å². The molecule has 0 aromatic heterocycles. The number of hydrogen-bond donors (Lipinski definition) is 0. The zero-order valence-corrected chi connectivity index (χ0v) is 11.9. The molecular weight excluding hydrogens is 272 g/mol. The van der Waals surface area contributed by atoms with Gasteiger partial charge in [-0.15, -0.1) is 0 Å². The minimum atomic E-state index is -0.325. The first-order valence-corrected chi connectivity index (χ1v) is 6.77. The Morgan fingerprint density at radius 2 is 1.60 bits per heavy atom. The molecule has 0 atom stereocenters. The SMILES string of the molecule is CCOC(=O)C=Cc1ccc(-c2ccc(Cl)cc2)cc1. The van der Waals surface area contributed by atoms with Gasteiger partial charge in [0.15, 0.2) is 0 Å². The van der Waals surface area contributed by atoms with Gasteiger partial charge < -0.3 is 4.74 Å². The standard InChI is InChI=1S/C17H15ClO2/c1-2-20-17(19)12-5-13-3-6-14(7-4-13)15-8-10-16(18)11-9-15/h3-12H,2H2,1H3. The highest BCUT2D eigenvalue weighted by Gasteiger charge is 1.98. The third-order valence-electron chi connectivity index (χ3n) is 2.79. The minimum absolute atomic E-state index is 0.325. The first kappa shape index (κ1) is 14.4. The maximum Gasteiger partial charge on any atom is 0.330 e. The summed E-state index contributed by atoms with van der Waals surface area (Å²) < 4.78 is 4.83. The lowest BCUT2D eigenvalue weighted by molar-refractivity contribution is -0.137. The molecule has 0 fully saturated rings. The van der Waals surface area contributed by atoms with E-state index in [0.717, 1.165) is 21.7 Å². The van der Waals surface area contributed by atoms with Crippen LogP contribution >= 0.6 is 11.6 Å². The number of rotatable bonds is 4. The van der Waals surface area contributed by atoms with Crippen LogP contribution in [0.5, 0.6) is 0 Å². The average molecular weight is 287 g/mol. The van der Waals surface area contributed by atoms with Gasteiger partial charge >= 0.3 is 5.97 Å². The summed E-state index contributed by atoms with van der Waals surface area (Å²) in [6, 6.07) is 15.6. The van der Waals surface area contributed by atoms with E-state index in [1.807, 2.05) is 48.5 Å². The van der Waals surface area contributed by atoms with Crippen molar-refractivity contribution in [3.63, 3.8) is 0 Å². The summed E-state index contributed by atoms with van der Waals surface area (Å²) in [7, 11) is 0. The van der Waals surface area contributed by atoms with Crippen molar-refractivity contribution in [1.29, 1.82) is 0 Å². The van der Waals surface area contributed by atoms with Gasteiger partial charge in [-0.1, -0.05) is 48.0 Å². The van der Waals surface area contributed by atoms with Crippen molar-refractivity contribution in [3.8, 4) is 11.1 Å². The Kier molecular flexibility index (Phi) is 4.97. The lowest BCUT2D eigenvalue weighted by atomic mass is 10.0. The molecule has 0 N–H and O–H groups in total. The van der Waals surface area contributed by atoms with E-state index in [1.54, 1.807) is 13.0 Å². The van der Waals surface area contributed by atoms with Crippen molar-refractivity contribution in [2.45, 2.75) is 6.92 Å². The van der Waals surface area contributed by atoms with Crippen LogP contribution in [0.4, 0.5) is 0 Å². The number of esters is 1. The molecule has 0 aliphatic rings. The summed E-state index contributed by atoms with van der Waals surface area (Å²) in [6.45, 7) is 2.17. The molecule has 2 aromatic carbocycles. The first-order valence-electron chi connectivity index (χ1n) is 6.40. The van der Waals surface area contributed by atoms with Gasteiger partial charge in [-0.05, 0) is 41.8 Å². The molecule has 2 nitrogen and oxygen atoms in total. The molecule has 0 spiro atoms. The van der Waals surface area contributed by atoms with Crippen LogP contribution in [0.15, 0.2) is 54.6 Å². The molecule has 0 amide bonds. The van der Waals surface area contributed by atoms with E-state index >= 15 is 0 Å². The predicted molar refractivity (Wildman–Crippen MR) is 82.6 cm³/mol. The van der Waals surface area contributed by atoms with Gasteiger partial charge in [0.05, 0.1) is 6.61 Å². The predicted octanol–water partition coefficient (Wildman–Crippen LogP) is 4.58. The lowest BCUT2D eigenvalue weighted by Crippen LogP contribution is -1.98. The summed E-state index contributed by atoms with van der Waals surface area (Å²) in [5.41, 5.74) is 3.17. The van der Waals surface area contributed by atoms with Crippen molar-refractivity contribution in [2.24, 2.45) is 0 Å². The van der Waals surface area contributed by atoms with Crippen LogP contribution in [0.25, 0.3) is 17.2 Å². The number of ether oxygens (including phenoxy) is 1. The minimum Gasteiger partial charge on any atom is -0.463 e. The van der Waals surface area contributed by atoms with E-state index in [9.17, 15) is 4.79 Å². The topological polar surface area (TPSA) is 26.3 Å². The molecule has 0 saturated carbocycles. The van der Waals surface area contributed by atoms with Crippen LogP contribution in [-0.2, 0) is 9.53 Å². The molecule has 0 unspecified atom stereocenters. The monoisotopic (exact) mass is 286 g/mol. The van der Waals surface area contributed by atoms with Crippen molar-refractivity contribution < 1.29 is 9.53 Å². The first-order chi connectivity index (χ1) is 9.69. The van der Waals surface area contributed by atoms with Crippen molar-refractivity contribution in [3.05, 3.63) is 65.2 Å². The molecule has 0 heterocycles. The number of hydrogen-bond acceptors (Lipinski definition) is 2. The Morgan fingerprint density at radius 3 is 2.15 bits per heavy atom. The molecule has 2 rings (SSSR count). The van der Waals surface area contributed by atoms with Crippen LogP contribution in [0.1, 0.15) is 12.5 Å². The number of halogens is 1. The summed E-state index contributed by atoms with van der Waals surface area (Å²) in [5, 5.41) is 0.725. The number of carbonyl (C=O) groups is 1. The molecule has 20 heavy (non-hydrogen) atoms. The second kappa shape index (κ2) is 6.92. The Bertz CT molecular complexity index is 598. The van der Waals surface area contributed by atoms with Crippen molar-refractivity contribution in [1.82, 2.24) is 0 Å². The van der Waals surface area contributed by atoms with E-state index < -0.39 is 0 Å². The number of carbonyl (C=O) groups excluding carboxylic acids is 1. The van der Waals surface area contributed by atoms with E-state index in [2.05, 4.69) is 0 Å². The van der Waals surface area contributed by atoms with Gasteiger partial charge in [0, 0.05) is 11.1 Å². The molecule has 3 heteroatoms. The van der Waals surface area contributed by atoms with Gasteiger partial charge in [0.2, 0.25) is 0 Å². The number of benzene rings is 2. The third kappa shape index (κ3) is 3.97. The fourth-order valence-electron chi connectivity index (χ4n) is 1.78. The van der Waals surface area contributed by atoms with E-state index in [-0.39, 0.29) is 5.97 Å². The largest absolute Gasteiger partial charge is 0.463 e. The highest BCUT2D eigenvalue weighted by Crippen LogP contribution is 2.22. The van der Waals surface area contributed by atoms with Gasteiger partial charge in [-0.3, -0.25) is 0 Å². The summed E-state index contributed by atoms with van der Waals surface area (Å²) in [5.74, 6) is -0.325. The van der Waals surface area contributed by atoms with Crippen molar-refractivity contribution in [2.75, 3.05) is 6.61 Å². The van der Waals surface area contributed by atoms with Crippen LogP contribution in [0, 0.1) is 0 Å².